The van der Waals surface area contributed by atoms with Gasteiger partial charge in [0.2, 0.25) is 5.95 Å². The second kappa shape index (κ2) is 4.11. The second-order valence-electron chi connectivity index (χ2n) is 2.71. The first-order valence-electron chi connectivity index (χ1n) is 3.78. The number of hydrogen-bond acceptors (Lipinski definition) is 2. The summed E-state index contributed by atoms with van der Waals surface area (Å²) in [4.78, 5) is 12.9. The maximum atomic E-state index is 12.7. The Labute approximate surface area is 84.9 Å². The van der Waals surface area contributed by atoms with Crippen molar-refractivity contribution in [2.45, 2.75) is 12.6 Å². The largest absolute Gasteiger partial charge is 0.421 e. The summed E-state index contributed by atoms with van der Waals surface area (Å²) in [6, 6.07) is 0. The molecule has 0 amide bonds. The van der Waals surface area contributed by atoms with Gasteiger partial charge in [0.25, 0.3) is 6.43 Å². The van der Waals surface area contributed by atoms with Crippen molar-refractivity contribution in [1.82, 2.24) is 4.98 Å². The molecule has 0 atom stereocenters. The normalized spacial score (nSPS) is 11.9. The van der Waals surface area contributed by atoms with Gasteiger partial charge < -0.3 is 0 Å². The van der Waals surface area contributed by atoms with E-state index in [1.54, 1.807) is 0 Å². The van der Waals surface area contributed by atoms with Crippen LogP contribution in [0.1, 0.15) is 27.9 Å². The number of carbonyl (C=O) groups excluding carboxylic acids is 1. The molecule has 0 aliphatic carbocycles. The van der Waals surface area contributed by atoms with Crippen LogP contribution in [0.25, 0.3) is 0 Å². The molecule has 0 radical (unpaired) electrons. The molecule has 0 saturated carbocycles. The number of halogens is 6. The highest BCUT2D eigenvalue weighted by Gasteiger charge is 2.39. The maximum Gasteiger partial charge on any atom is 0.421 e. The summed E-state index contributed by atoms with van der Waals surface area (Å²) in [5.41, 5.74) is -4.74. The van der Waals surface area contributed by atoms with E-state index in [4.69, 9.17) is 0 Å². The van der Waals surface area contributed by atoms with Crippen LogP contribution in [0.4, 0.5) is 26.3 Å². The van der Waals surface area contributed by atoms with E-state index in [2.05, 4.69) is 4.98 Å². The van der Waals surface area contributed by atoms with Crippen molar-refractivity contribution in [1.29, 1.82) is 0 Å². The first kappa shape index (κ1) is 12.5. The van der Waals surface area contributed by atoms with Crippen LogP contribution in [0.3, 0.4) is 0 Å². The Bertz CT molecular complexity index is 414. The van der Waals surface area contributed by atoms with Gasteiger partial charge in [0, 0.05) is 17.3 Å². The fraction of sp³-hybridized carbons (Fsp3) is 0.250. The Morgan fingerprint density at radius 1 is 1.31 bits per heavy atom. The Morgan fingerprint density at radius 2 is 1.88 bits per heavy atom. The molecule has 0 spiro atoms. The molecule has 1 aromatic heterocycles. The lowest BCUT2D eigenvalue weighted by Gasteiger charge is -2.12. The predicted octanol–water partition coefficient (Wildman–Crippen LogP) is 2.99. The third-order valence-corrected chi connectivity index (χ3v) is 1.74. The lowest BCUT2D eigenvalue weighted by Crippen LogP contribution is -2.15. The Kier molecular flexibility index (Phi) is 3.20. The van der Waals surface area contributed by atoms with Crippen molar-refractivity contribution < 1.29 is 31.1 Å². The topological polar surface area (TPSA) is 30.0 Å². The predicted molar refractivity (Wildman–Crippen MR) is 39.5 cm³/mol. The van der Waals surface area contributed by atoms with Crippen molar-refractivity contribution in [3.05, 3.63) is 28.8 Å². The summed E-state index contributed by atoms with van der Waals surface area (Å²) in [6.07, 6.45) is -8.85. The smallest absolute Gasteiger partial charge is 0.298 e. The minimum absolute atomic E-state index is 0.207. The number of rotatable bonds is 2. The third-order valence-electron chi connectivity index (χ3n) is 1.74. The van der Waals surface area contributed by atoms with Gasteiger partial charge in [0.15, 0.2) is 6.29 Å². The summed E-state index contributed by atoms with van der Waals surface area (Å²) in [6.45, 7) is 0. The molecule has 0 fully saturated rings. The monoisotopic (exact) mass is 243 g/mol. The average molecular weight is 243 g/mol. The highest BCUT2D eigenvalue weighted by molar-refractivity contribution is 5.80. The quantitative estimate of drug-likeness (QED) is 0.454. The number of carbonyl (C=O) groups is 1. The first-order valence-corrected chi connectivity index (χ1v) is 3.78. The summed E-state index contributed by atoms with van der Waals surface area (Å²) < 4.78 is 74.0. The molecule has 16 heavy (non-hydrogen) atoms. The number of alkyl halides is 5. The van der Waals surface area contributed by atoms with Gasteiger partial charge in [-0.1, -0.05) is 0 Å². The summed E-state index contributed by atoms with van der Waals surface area (Å²) in [5, 5.41) is 0. The molecule has 0 N–H and O–H groups in total. The summed E-state index contributed by atoms with van der Waals surface area (Å²) in [7, 11) is 0. The molecule has 0 bridgehead atoms. The minimum Gasteiger partial charge on any atom is -0.298 e. The zero-order valence-electron chi connectivity index (χ0n) is 7.36. The van der Waals surface area contributed by atoms with Crippen molar-refractivity contribution in [3.8, 4) is 0 Å². The summed E-state index contributed by atoms with van der Waals surface area (Å²) in [5.74, 6) is -2.00. The van der Waals surface area contributed by atoms with Gasteiger partial charge in [-0.15, -0.1) is 0 Å². The Balaban J connectivity index is 3.57. The summed E-state index contributed by atoms with van der Waals surface area (Å²) >= 11 is 0. The van der Waals surface area contributed by atoms with Crippen LogP contribution in [0, 0.1) is 5.95 Å². The number of aldehydes is 1. The van der Waals surface area contributed by atoms with E-state index in [1.165, 1.54) is 0 Å². The van der Waals surface area contributed by atoms with E-state index >= 15 is 0 Å². The first-order chi connectivity index (χ1) is 7.29. The van der Waals surface area contributed by atoms with Crippen LogP contribution in [0.5, 0.6) is 0 Å². The molecule has 1 aromatic rings. The van der Waals surface area contributed by atoms with E-state index in [0.29, 0.717) is 0 Å². The zero-order chi connectivity index (χ0) is 12.5. The highest BCUT2D eigenvalue weighted by Crippen LogP contribution is 2.36. The lowest BCUT2D eigenvalue weighted by atomic mass is 10.1. The van der Waals surface area contributed by atoms with E-state index in [1.807, 2.05) is 0 Å². The number of aromatic nitrogens is 1. The SMILES string of the molecule is O=Cc1c(C(F)F)cnc(F)c1C(F)(F)F. The van der Waals surface area contributed by atoms with Gasteiger partial charge in [-0.25, -0.2) is 13.8 Å². The maximum absolute atomic E-state index is 12.7. The molecule has 0 aliphatic heterocycles. The fourth-order valence-electron chi connectivity index (χ4n) is 1.09. The molecule has 0 aromatic carbocycles. The van der Waals surface area contributed by atoms with Gasteiger partial charge in [0.1, 0.15) is 5.56 Å². The van der Waals surface area contributed by atoms with Crippen LogP contribution in [-0.2, 0) is 6.18 Å². The molecule has 1 rings (SSSR count). The third kappa shape index (κ3) is 2.15. The van der Waals surface area contributed by atoms with Crippen molar-refractivity contribution in [2.75, 3.05) is 0 Å². The van der Waals surface area contributed by atoms with Gasteiger partial charge >= 0.3 is 6.18 Å². The molecular weight excluding hydrogens is 240 g/mol. The van der Waals surface area contributed by atoms with E-state index in [0.717, 1.165) is 0 Å². The Morgan fingerprint density at radius 3 is 2.25 bits per heavy atom. The zero-order valence-corrected chi connectivity index (χ0v) is 7.36. The van der Waals surface area contributed by atoms with Crippen LogP contribution in [0.2, 0.25) is 0 Å². The molecule has 0 aliphatic rings. The second-order valence-corrected chi connectivity index (χ2v) is 2.71. The molecule has 1 heterocycles. The molecule has 8 heteroatoms. The van der Waals surface area contributed by atoms with Crippen LogP contribution in [0.15, 0.2) is 6.20 Å². The molecular formula is C8H3F6NO. The van der Waals surface area contributed by atoms with E-state index in [9.17, 15) is 31.1 Å². The highest BCUT2D eigenvalue weighted by atomic mass is 19.4. The van der Waals surface area contributed by atoms with E-state index in [-0.39, 0.29) is 6.20 Å². The lowest BCUT2D eigenvalue weighted by molar-refractivity contribution is -0.140. The van der Waals surface area contributed by atoms with Gasteiger partial charge in [-0.2, -0.15) is 17.6 Å². The number of nitrogens with zero attached hydrogens (tertiary/aromatic N) is 1. The number of hydrogen-bond donors (Lipinski definition) is 0. The average Bonchev–Trinajstić information content (AvgIpc) is 2.14. The van der Waals surface area contributed by atoms with Crippen molar-refractivity contribution in [3.63, 3.8) is 0 Å². The van der Waals surface area contributed by atoms with Crippen LogP contribution in [-0.4, -0.2) is 11.3 Å². The molecule has 0 saturated heterocycles. The van der Waals surface area contributed by atoms with Crippen molar-refractivity contribution in [2.24, 2.45) is 0 Å². The molecule has 0 unspecified atom stereocenters. The molecule has 88 valence electrons. The number of pyridine rings is 1. The Hall–Kier alpha value is -1.60. The minimum atomic E-state index is -5.25. The molecule has 2 nitrogen and oxygen atoms in total. The van der Waals surface area contributed by atoms with E-state index < -0.39 is 41.5 Å². The van der Waals surface area contributed by atoms with Crippen LogP contribution < -0.4 is 0 Å². The fourth-order valence-corrected chi connectivity index (χ4v) is 1.09. The van der Waals surface area contributed by atoms with Gasteiger partial charge in [-0.3, -0.25) is 4.79 Å². The standard InChI is InChI=1S/C8H3F6NO/c9-6(10)3-1-15-7(11)5(4(3)2-16)8(12,13)14/h1-2,6H. The van der Waals surface area contributed by atoms with Gasteiger partial charge in [-0.05, 0) is 0 Å². The van der Waals surface area contributed by atoms with Gasteiger partial charge in [0.05, 0.1) is 0 Å². The van der Waals surface area contributed by atoms with Crippen molar-refractivity contribution >= 4 is 6.29 Å². The van der Waals surface area contributed by atoms with Crippen LogP contribution >= 0.6 is 0 Å².